The molecule has 1 nitrogen and oxygen atoms in total. The van der Waals surface area contributed by atoms with Crippen molar-refractivity contribution in [3.8, 4) is 0 Å². The summed E-state index contributed by atoms with van der Waals surface area (Å²) in [6, 6.07) is 9.37. The second-order valence-corrected chi connectivity index (χ2v) is 5.61. The number of benzene rings is 1. The summed E-state index contributed by atoms with van der Waals surface area (Å²) in [6.07, 6.45) is 2.68. The minimum atomic E-state index is 0.730. The number of hydrogen-bond acceptors (Lipinski definition) is 1. The average molecular weight is 333 g/mol. The molecule has 2 rings (SSSR count). The number of halogens is 2. The highest BCUT2D eigenvalue weighted by Gasteiger charge is 2.22. The predicted molar refractivity (Wildman–Crippen MR) is 71.4 cm³/mol. The van der Waals surface area contributed by atoms with Crippen LogP contribution in [0.15, 0.2) is 28.7 Å². The van der Waals surface area contributed by atoms with Gasteiger partial charge in [-0.2, -0.15) is 0 Å². The third-order valence-corrected chi connectivity index (χ3v) is 4.25. The maximum Gasteiger partial charge on any atom is 0.0237 e. The normalized spacial score (nSPS) is 22.1. The second-order valence-electron chi connectivity index (χ2n) is 4.05. The van der Waals surface area contributed by atoms with E-state index in [0.29, 0.717) is 0 Å². The van der Waals surface area contributed by atoms with Crippen molar-refractivity contribution in [2.75, 3.05) is 11.9 Å². The molecule has 1 fully saturated rings. The Morgan fingerprint density at radius 3 is 2.67 bits per heavy atom. The fourth-order valence-electron chi connectivity index (χ4n) is 2.10. The molecule has 1 aromatic carbocycles. The van der Waals surface area contributed by atoms with E-state index in [0.717, 1.165) is 22.4 Å². The molecule has 1 aromatic rings. The minimum Gasteiger partial charge on any atom is -0.295 e. The summed E-state index contributed by atoms with van der Waals surface area (Å²) in [4.78, 5) is 2.57. The van der Waals surface area contributed by atoms with Gasteiger partial charge >= 0.3 is 0 Å². The second kappa shape index (κ2) is 5.46. The van der Waals surface area contributed by atoms with Gasteiger partial charge in [0.1, 0.15) is 0 Å². The van der Waals surface area contributed by atoms with E-state index in [4.69, 9.17) is 0 Å². The molecule has 0 aromatic heterocycles. The Kier molecular flexibility index (Phi) is 4.23. The zero-order valence-electron chi connectivity index (χ0n) is 8.63. The van der Waals surface area contributed by atoms with Crippen molar-refractivity contribution in [2.24, 2.45) is 0 Å². The smallest absolute Gasteiger partial charge is 0.0237 e. The van der Waals surface area contributed by atoms with E-state index >= 15 is 0 Å². The summed E-state index contributed by atoms with van der Waals surface area (Å²) in [5, 5.41) is 1.10. The Labute approximate surface area is 108 Å². The molecular weight excluding hydrogens is 318 g/mol. The zero-order chi connectivity index (χ0) is 10.7. The van der Waals surface area contributed by atoms with Crippen LogP contribution in [0.4, 0.5) is 0 Å². The number of hydrogen-bond donors (Lipinski definition) is 0. The molecule has 15 heavy (non-hydrogen) atoms. The first kappa shape index (κ1) is 11.6. The zero-order valence-corrected chi connectivity index (χ0v) is 11.8. The lowest BCUT2D eigenvalue weighted by atomic mass is 10.2. The average Bonchev–Trinajstić information content (AvgIpc) is 2.69. The van der Waals surface area contributed by atoms with Gasteiger partial charge in [0.05, 0.1) is 0 Å². The van der Waals surface area contributed by atoms with Crippen LogP contribution in [0, 0.1) is 0 Å². The topological polar surface area (TPSA) is 3.24 Å². The van der Waals surface area contributed by atoms with Gasteiger partial charge in [-0.15, -0.1) is 0 Å². The van der Waals surface area contributed by atoms with Gasteiger partial charge in [0.25, 0.3) is 0 Å². The number of rotatable bonds is 3. The van der Waals surface area contributed by atoms with E-state index in [2.05, 4.69) is 61.0 Å². The Hall–Kier alpha value is 0.140. The van der Waals surface area contributed by atoms with E-state index in [1.54, 1.807) is 0 Å². The summed E-state index contributed by atoms with van der Waals surface area (Å²) in [5.74, 6) is 0. The van der Waals surface area contributed by atoms with Gasteiger partial charge in [0.15, 0.2) is 0 Å². The molecule has 0 N–H and O–H groups in total. The van der Waals surface area contributed by atoms with Crippen LogP contribution < -0.4 is 0 Å². The van der Waals surface area contributed by atoms with E-state index in [1.165, 1.54) is 24.9 Å². The summed E-state index contributed by atoms with van der Waals surface area (Å²) in [7, 11) is 0. The molecule has 0 bridgehead atoms. The van der Waals surface area contributed by atoms with Crippen LogP contribution in [0.25, 0.3) is 0 Å². The van der Waals surface area contributed by atoms with E-state index in [1.807, 2.05) is 0 Å². The van der Waals surface area contributed by atoms with E-state index in [-0.39, 0.29) is 0 Å². The highest BCUT2D eigenvalue weighted by atomic mass is 79.9. The molecular formula is C12H15Br2N. The van der Waals surface area contributed by atoms with Crippen molar-refractivity contribution in [1.29, 1.82) is 0 Å². The highest BCUT2D eigenvalue weighted by Crippen LogP contribution is 2.22. The standard InChI is InChI=1S/C12H15Br2N/c13-8-12-2-1-7-15(12)9-10-3-5-11(14)6-4-10/h3-6,12H,1-2,7-9H2. The van der Waals surface area contributed by atoms with Crippen LogP contribution >= 0.6 is 31.9 Å². The van der Waals surface area contributed by atoms with E-state index in [9.17, 15) is 0 Å². The SMILES string of the molecule is BrCC1CCCN1Cc1ccc(Br)cc1. The molecule has 0 spiro atoms. The molecule has 1 atom stereocenters. The summed E-state index contributed by atoms with van der Waals surface area (Å²) in [6.45, 7) is 2.33. The van der Waals surface area contributed by atoms with Gasteiger partial charge in [-0.3, -0.25) is 4.90 Å². The predicted octanol–water partition coefficient (Wildman–Crippen LogP) is 3.81. The third kappa shape index (κ3) is 3.05. The van der Waals surface area contributed by atoms with Crippen LogP contribution in [0.2, 0.25) is 0 Å². The Bertz CT molecular complexity index is 310. The fraction of sp³-hybridized carbons (Fsp3) is 0.500. The molecule has 0 saturated carbocycles. The van der Waals surface area contributed by atoms with Crippen molar-refractivity contribution in [1.82, 2.24) is 4.90 Å². The van der Waals surface area contributed by atoms with Crippen LogP contribution in [-0.4, -0.2) is 22.8 Å². The summed E-state index contributed by atoms with van der Waals surface area (Å²) in [5.41, 5.74) is 1.41. The van der Waals surface area contributed by atoms with E-state index < -0.39 is 0 Å². The van der Waals surface area contributed by atoms with Crippen LogP contribution in [0.1, 0.15) is 18.4 Å². The Morgan fingerprint density at radius 1 is 1.27 bits per heavy atom. The maximum absolute atomic E-state index is 3.59. The summed E-state index contributed by atoms with van der Waals surface area (Å²) < 4.78 is 1.16. The van der Waals surface area contributed by atoms with Crippen molar-refractivity contribution >= 4 is 31.9 Å². The van der Waals surface area contributed by atoms with Gasteiger partial charge < -0.3 is 0 Å². The first-order chi connectivity index (χ1) is 7.29. The Balaban J connectivity index is 1.99. The van der Waals surface area contributed by atoms with Crippen LogP contribution in [0.3, 0.4) is 0 Å². The minimum absolute atomic E-state index is 0.730. The first-order valence-corrected chi connectivity index (χ1v) is 7.25. The molecule has 0 aliphatic carbocycles. The molecule has 0 amide bonds. The molecule has 1 aliphatic rings. The van der Waals surface area contributed by atoms with Crippen LogP contribution in [-0.2, 0) is 6.54 Å². The molecule has 1 unspecified atom stereocenters. The summed E-state index contributed by atoms with van der Waals surface area (Å²) >= 11 is 7.05. The monoisotopic (exact) mass is 331 g/mol. The number of alkyl halides is 1. The largest absolute Gasteiger partial charge is 0.295 e. The van der Waals surface area contributed by atoms with Crippen molar-refractivity contribution in [2.45, 2.75) is 25.4 Å². The van der Waals surface area contributed by atoms with Crippen molar-refractivity contribution in [3.05, 3.63) is 34.3 Å². The van der Waals surface area contributed by atoms with Gasteiger partial charge in [-0.25, -0.2) is 0 Å². The molecule has 82 valence electrons. The quantitative estimate of drug-likeness (QED) is 0.761. The lowest BCUT2D eigenvalue weighted by molar-refractivity contribution is 0.265. The molecule has 1 aliphatic heterocycles. The van der Waals surface area contributed by atoms with Crippen molar-refractivity contribution < 1.29 is 0 Å². The van der Waals surface area contributed by atoms with Gasteiger partial charge in [-0.05, 0) is 37.1 Å². The van der Waals surface area contributed by atoms with Crippen LogP contribution in [0.5, 0.6) is 0 Å². The lowest BCUT2D eigenvalue weighted by Gasteiger charge is -2.22. The Morgan fingerprint density at radius 2 is 2.00 bits per heavy atom. The molecule has 1 heterocycles. The number of likely N-dealkylation sites (tertiary alicyclic amines) is 1. The van der Waals surface area contributed by atoms with Gasteiger partial charge in [-0.1, -0.05) is 44.0 Å². The fourth-order valence-corrected chi connectivity index (χ4v) is 3.10. The molecule has 3 heteroatoms. The van der Waals surface area contributed by atoms with Crippen molar-refractivity contribution in [3.63, 3.8) is 0 Å². The molecule has 1 saturated heterocycles. The van der Waals surface area contributed by atoms with Gasteiger partial charge in [0, 0.05) is 22.4 Å². The third-order valence-electron chi connectivity index (χ3n) is 2.98. The lowest BCUT2D eigenvalue weighted by Crippen LogP contribution is -2.29. The number of nitrogens with zero attached hydrogens (tertiary/aromatic N) is 1. The maximum atomic E-state index is 3.59. The first-order valence-electron chi connectivity index (χ1n) is 5.34. The highest BCUT2D eigenvalue weighted by molar-refractivity contribution is 9.10. The van der Waals surface area contributed by atoms with Gasteiger partial charge in [0.2, 0.25) is 0 Å². The molecule has 0 radical (unpaired) electrons.